The summed E-state index contributed by atoms with van der Waals surface area (Å²) in [5, 5.41) is 12.3. The number of imidazole rings is 1. The number of aliphatic carboxylic acids is 1. The number of carboxylic acids is 1. The molecule has 4 fully saturated rings. The molecule has 3 heterocycles. The maximum Gasteiger partial charge on any atom is 0.430 e. The molecule has 3 aromatic heterocycles. The van der Waals surface area contributed by atoms with Gasteiger partial charge in [-0.15, -0.1) is 0 Å². The third-order valence-corrected chi connectivity index (χ3v) is 7.44. The number of rotatable bonds is 3. The van der Waals surface area contributed by atoms with Gasteiger partial charge >= 0.3 is 17.9 Å². The van der Waals surface area contributed by atoms with Crippen LogP contribution < -0.4 is 19.8 Å². The maximum atomic E-state index is 13.4. The number of hydrogen-bond donors (Lipinski definition) is 2. The lowest BCUT2D eigenvalue weighted by atomic mass is 9.53. The average Bonchev–Trinajstić information content (AvgIpc) is 3.18. The number of hydrogen-bond acceptors (Lipinski definition) is 3. The number of carboxylic acid groups (broad SMARTS) is 1. The minimum Gasteiger partial charge on any atom is -0.542 e. The van der Waals surface area contributed by atoms with Crippen molar-refractivity contribution in [2.75, 3.05) is 0 Å². The third-order valence-electron chi connectivity index (χ3n) is 7.44. The lowest BCUT2D eigenvalue weighted by Crippen LogP contribution is -2.60. The van der Waals surface area contributed by atoms with E-state index in [2.05, 4.69) is 15.3 Å². The number of fused-ring (bicyclic) bond motifs is 1. The van der Waals surface area contributed by atoms with E-state index in [0.29, 0.717) is 5.82 Å². The van der Waals surface area contributed by atoms with Crippen LogP contribution in [0.1, 0.15) is 50.6 Å². The Labute approximate surface area is 200 Å². The van der Waals surface area contributed by atoms with Crippen molar-refractivity contribution >= 4 is 17.4 Å². The highest BCUT2D eigenvalue weighted by molar-refractivity contribution is 5.91. The van der Waals surface area contributed by atoms with Crippen molar-refractivity contribution in [1.82, 2.24) is 10.3 Å². The van der Waals surface area contributed by atoms with Crippen LogP contribution >= 0.6 is 0 Å². The first-order valence-electron chi connectivity index (χ1n) is 11.7. The van der Waals surface area contributed by atoms with Crippen molar-refractivity contribution in [1.29, 1.82) is 0 Å². The number of nitrogens with one attached hydrogen (secondary N) is 3. The third kappa shape index (κ3) is 4.61. The van der Waals surface area contributed by atoms with Gasteiger partial charge in [0.2, 0.25) is 5.69 Å². The summed E-state index contributed by atoms with van der Waals surface area (Å²) in [5.74, 6) is 0.0636. The molecular weight excluding hydrogens is 461 g/mol. The maximum absolute atomic E-state index is 13.4. The monoisotopic (exact) mass is 489 g/mol. The van der Waals surface area contributed by atoms with Crippen LogP contribution in [0.4, 0.5) is 13.2 Å². The Hall–Kier alpha value is -3.43. The summed E-state index contributed by atoms with van der Waals surface area (Å²) in [6.07, 6.45) is 6.29. The first-order valence-corrected chi connectivity index (χ1v) is 11.7. The summed E-state index contributed by atoms with van der Waals surface area (Å²) in [4.78, 5) is 28.9. The van der Waals surface area contributed by atoms with Crippen LogP contribution in [0.15, 0.2) is 48.8 Å². The molecule has 4 aliphatic rings. The van der Waals surface area contributed by atoms with Crippen LogP contribution in [0.3, 0.4) is 0 Å². The van der Waals surface area contributed by atoms with Gasteiger partial charge in [0.25, 0.3) is 5.69 Å². The Bertz CT molecular complexity index is 1230. The number of aromatic nitrogens is 3. The molecule has 7 nitrogen and oxygen atoms in total. The average molecular weight is 490 g/mol. The van der Waals surface area contributed by atoms with E-state index in [9.17, 15) is 18.0 Å². The molecular formula is C25H28F3N4O3+. The molecule has 0 aromatic carbocycles. The molecule has 4 aliphatic carbocycles. The standard InChI is InChI=1S/C23H24N4O.C2HF3O2.H2/c28-22(26-23-12-15-9-16(13-23)11-17(10-15)14-23)21-25-20(18-5-1-3-7-24-18)19-6-2-4-8-27(19)21;3-2(4,5)1(6)7;/h1-8,15-17H,9-14H2,(H,26,28);(H,6,7);1H/p+1. The molecule has 10 heteroatoms. The predicted octanol–water partition coefficient (Wildman–Crippen LogP) is 2.48. The zero-order chi connectivity index (χ0) is 24.8. The second-order valence-electron chi connectivity index (χ2n) is 10.0. The number of carbonyl (C=O) groups excluding carboxylic acids is 2. The minimum atomic E-state index is -5.19. The molecule has 4 saturated carbocycles. The minimum absolute atomic E-state index is 0. The van der Waals surface area contributed by atoms with E-state index >= 15 is 0 Å². The van der Waals surface area contributed by atoms with Crippen molar-refractivity contribution in [2.45, 2.75) is 50.2 Å². The Kier molecular flexibility index (Phi) is 5.77. The summed E-state index contributed by atoms with van der Waals surface area (Å²) in [6.45, 7) is 0. The zero-order valence-electron chi connectivity index (χ0n) is 18.9. The molecule has 35 heavy (non-hydrogen) atoms. The van der Waals surface area contributed by atoms with E-state index in [4.69, 9.17) is 9.90 Å². The Morgan fingerprint density at radius 3 is 2.20 bits per heavy atom. The zero-order valence-corrected chi connectivity index (χ0v) is 18.9. The summed E-state index contributed by atoms with van der Waals surface area (Å²) in [7, 11) is 0. The molecule has 0 unspecified atom stereocenters. The van der Waals surface area contributed by atoms with Gasteiger partial charge in [-0.25, -0.2) is 9.97 Å². The smallest absolute Gasteiger partial charge is 0.430 e. The predicted molar refractivity (Wildman–Crippen MR) is 117 cm³/mol. The quantitative estimate of drug-likeness (QED) is 0.553. The van der Waals surface area contributed by atoms with Gasteiger partial charge < -0.3 is 15.2 Å². The fourth-order valence-corrected chi connectivity index (χ4v) is 6.57. The Morgan fingerprint density at radius 1 is 1.06 bits per heavy atom. The molecule has 0 spiro atoms. The van der Waals surface area contributed by atoms with Crippen LogP contribution in [-0.4, -0.2) is 28.6 Å². The van der Waals surface area contributed by atoms with Crippen molar-refractivity contribution in [3.05, 3.63) is 54.6 Å². The highest BCUT2D eigenvalue weighted by Crippen LogP contribution is 2.55. The van der Waals surface area contributed by atoms with E-state index in [0.717, 1.165) is 53.9 Å². The van der Waals surface area contributed by atoms with Crippen molar-refractivity contribution in [3.63, 3.8) is 0 Å². The summed E-state index contributed by atoms with van der Waals surface area (Å²) in [6, 6.07) is 12.0. The number of alkyl halides is 3. The number of carbonyl (C=O) groups is 2. The first kappa shape index (κ1) is 23.3. The van der Waals surface area contributed by atoms with E-state index < -0.39 is 12.1 Å². The second-order valence-corrected chi connectivity index (χ2v) is 10.0. The van der Waals surface area contributed by atoms with Gasteiger partial charge in [-0.2, -0.15) is 17.6 Å². The fourth-order valence-electron chi connectivity index (χ4n) is 6.57. The SMILES string of the molecule is O=C(NC12CC3CC(CC(C3)C1)C2)c1[nH]c(-c2cccc[nH+]2)c2cccc[n+]12.O=C([O-])C(F)(F)F.[HH]. The second kappa shape index (κ2) is 8.66. The number of nitrogens with zero attached hydrogens (tertiary/aromatic N) is 1. The highest BCUT2D eigenvalue weighted by atomic mass is 19.4. The molecule has 4 bridgehead atoms. The van der Waals surface area contributed by atoms with Gasteiger partial charge in [0.15, 0.2) is 11.7 Å². The van der Waals surface area contributed by atoms with Gasteiger partial charge in [-0.3, -0.25) is 4.79 Å². The largest absolute Gasteiger partial charge is 0.542 e. The molecule has 0 aliphatic heterocycles. The number of H-pyrrole nitrogens is 2. The van der Waals surface area contributed by atoms with Crippen LogP contribution in [-0.2, 0) is 4.79 Å². The molecule has 0 atom stereocenters. The molecule has 186 valence electrons. The van der Waals surface area contributed by atoms with Gasteiger partial charge in [0.1, 0.15) is 5.97 Å². The molecule has 0 saturated heterocycles. The van der Waals surface area contributed by atoms with Gasteiger partial charge in [0, 0.05) is 19.1 Å². The van der Waals surface area contributed by atoms with Crippen LogP contribution in [0, 0.1) is 17.8 Å². The summed E-state index contributed by atoms with van der Waals surface area (Å²) < 4.78 is 33.5. The van der Waals surface area contributed by atoms with Crippen molar-refractivity contribution < 1.29 is 38.7 Å². The Morgan fingerprint density at radius 2 is 1.66 bits per heavy atom. The van der Waals surface area contributed by atoms with Gasteiger partial charge in [-0.05, 0) is 74.5 Å². The van der Waals surface area contributed by atoms with E-state index in [1.807, 2.05) is 53.2 Å². The van der Waals surface area contributed by atoms with E-state index in [-0.39, 0.29) is 12.9 Å². The van der Waals surface area contributed by atoms with Crippen LogP contribution in [0.2, 0.25) is 0 Å². The molecule has 7 rings (SSSR count). The lowest BCUT2D eigenvalue weighted by molar-refractivity contribution is -0.514. The fraction of sp³-hybridized carbons (Fsp3) is 0.440. The number of halogens is 3. The topological polar surface area (TPSA) is 103 Å². The van der Waals surface area contributed by atoms with Crippen LogP contribution in [0.5, 0.6) is 0 Å². The van der Waals surface area contributed by atoms with E-state index in [1.165, 1.54) is 19.3 Å². The number of amides is 1. The number of pyridine rings is 2. The molecule has 3 N–H and O–H groups in total. The summed E-state index contributed by atoms with van der Waals surface area (Å²) >= 11 is 0. The highest BCUT2D eigenvalue weighted by Gasteiger charge is 2.52. The van der Waals surface area contributed by atoms with Gasteiger partial charge in [0.05, 0.1) is 6.20 Å². The normalized spacial score (nSPS) is 26.8. The van der Waals surface area contributed by atoms with Crippen LogP contribution in [0.25, 0.3) is 16.9 Å². The molecule has 1 amide bonds. The molecule has 0 radical (unpaired) electrons. The number of aromatic amines is 2. The van der Waals surface area contributed by atoms with Crippen molar-refractivity contribution in [2.24, 2.45) is 17.8 Å². The summed E-state index contributed by atoms with van der Waals surface area (Å²) in [5.41, 5.74) is 2.93. The van der Waals surface area contributed by atoms with Gasteiger partial charge in [-0.1, -0.05) is 6.07 Å². The molecule has 3 aromatic rings. The Balaban J connectivity index is 0.000000338. The first-order chi connectivity index (χ1) is 16.6. The van der Waals surface area contributed by atoms with Crippen molar-refractivity contribution in [3.8, 4) is 11.4 Å². The van der Waals surface area contributed by atoms with E-state index in [1.54, 1.807) is 0 Å². The lowest BCUT2D eigenvalue weighted by Gasteiger charge is -2.56.